The molecule has 10 heteroatoms. The van der Waals surface area contributed by atoms with Gasteiger partial charge in [0.1, 0.15) is 4.83 Å². The zero-order valence-corrected chi connectivity index (χ0v) is 21.1. The number of thiophene rings is 1. The van der Waals surface area contributed by atoms with Crippen LogP contribution in [0, 0.1) is 5.92 Å². The van der Waals surface area contributed by atoms with Gasteiger partial charge < -0.3 is 10.2 Å². The van der Waals surface area contributed by atoms with E-state index in [-0.39, 0.29) is 28.7 Å². The summed E-state index contributed by atoms with van der Waals surface area (Å²) in [5.41, 5.74) is 4.68. The first kappa shape index (κ1) is 24.1. The minimum atomic E-state index is -0.368. The maximum Gasteiger partial charge on any atom is 0.267 e. The molecule has 36 heavy (non-hydrogen) atoms. The molecule has 2 heterocycles. The van der Waals surface area contributed by atoms with Gasteiger partial charge in [-0.2, -0.15) is 5.10 Å². The number of hydrogen-bond acceptors (Lipinski definition) is 8. The first-order chi connectivity index (χ1) is 17.4. The molecule has 1 aliphatic carbocycles. The summed E-state index contributed by atoms with van der Waals surface area (Å²) >= 11 is 2.76. The number of phenols is 2. The number of aromatic nitrogens is 2. The summed E-state index contributed by atoms with van der Waals surface area (Å²) in [6.07, 6.45) is 4.27. The SMILES string of the molecule is CC1CCc2c(sc3nc(SCC(=O)N/N=C/c4ccc(O)c(O)c4)n(-c4ccccc4)c(=O)c23)C1. The maximum absolute atomic E-state index is 13.7. The van der Waals surface area contributed by atoms with E-state index in [9.17, 15) is 19.8 Å². The molecule has 3 N–H and O–H groups in total. The second-order valence-electron chi connectivity index (χ2n) is 8.73. The van der Waals surface area contributed by atoms with Crippen molar-refractivity contribution >= 4 is 45.4 Å². The van der Waals surface area contributed by atoms with Gasteiger partial charge in [-0.25, -0.2) is 10.4 Å². The molecule has 0 spiro atoms. The number of thioether (sulfide) groups is 1. The lowest BCUT2D eigenvalue weighted by Crippen LogP contribution is -2.24. The fourth-order valence-corrected chi connectivity index (χ4v) is 6.46. The van der Waals surface area contributed by atoms with Crippen LogP contribution >= 0.6 is 23.1 Å². The lowest BCUT2D eigenvalue weighted by Gasteiger charge is -2.17. The van der Waals surface area contributed by atoms with Gasteiger partial charge in [0.2, 0.25) is 0 Å². The van der Waals surface area contributed by atoms with Gasteiger partial charge in [0.25, 0.3) is 11.5 Å². The average molecular weight is 521 g/mol. The lowest BCUT2D eigenvalue weighted by molar-refractivity contribution is -0.118. The molecule has 8 nitrogen and oxygen atoms in total. The molecule has 0 radical (unpaired) electrons. The molecule has 5 rings (SSSR count). The van der Waals surface area contributed by atoms with Crippen molar-refractivity contribution in [1.29, 1.82) is 0 Å². The largest absolute Gasteiger partial charge is 0.504 e. The smallest absolute Gasteiger partial charge is 0.267 e. The standard InChI is InChI=1S/C26H24N4O4S2/c1-15-7-9-18-21(11-15)36-24-23(18)25(34)30(17-5-3-2-4-6-17)26(28-24)35-14-22(33)29-27-13-16-8-10-19(31)20(32)12-16/h2-6,8,10,12-13,15,31-32H,7,9,11,14H2,1H3,(H,29,33)/b27-13+. The van der Waals surface area contributed by atoms with Crippen molar-refractivity contribution in [1.82, 2.24) is 15.0 Å². The molecule has 1 unspecified atom stereocenters. The van der Waals surface area contributed by atoms with Crippen molar-refractivity contribution < 1.29 is 15.0 Å². The minimum Gasteiger partial charge on any atom is -0.504 e. The zero-order chi connectivity index (χ0) is 25.2. The van der Waals surface area contributed by atoms with Gasteiger partial charge in [-0.1, -0.05) is 36.9 Å². The number of nitrogens with one attached hydrogen (secondary N) is 1. The third kappa shape index (κ3) is 4.87. The fourth-order valence-electron chi connectivity index (χ4n) is 4.23. The number of phenolic OH excluding ortho intramolecular Hbond substituents is 2. The first-order valence-corrected chi connectivity index (χ1v) is 13.3. The Morgan fingerprint density at radius 1 is 1.25 bits per heavy atom. The molecule has 1 amide bonds. The van der Waals surface area contributed by atoms with Gasteiger partial charge in [0, 0.05) is 4.88 Å². The number of para-hydroxylation sites is 1. The number of hydrazone groups is 1. The Bertz CT molecular complexity index is 1530. The van der Waals surface area contributed by atoms with E-state index in [2.05, 4.69) is 17.5 Å². The van der Waals surface area contributed by atoms with Gasteiger partial charge in [-0.05, 0) is 66.6 Å². The number of aryl methyl sites for hydroxylation is 1. The van der Waals surface area contributed by atoms with Crippen LogP contribution in [0.25, 0.3) is 15.9 Å². The number of carbonyl (C=O) groups is 1. The summed E-state index contributed by atoms with van der Waals surface area (Å²) in [7, 11) is 0. The minimum absolute atomic E-state index is 0.00503. The van der Waals surface area contributed by atoms with Gasteiger partial charge in [-0.3, -0.25) is 14.2 Å². The van der Waals surface area contributed by atoms with Crippen molar-refractivity contribution in [2.24, 2.45) is 11.0 Å². The number of benzene rings is 2. The van der Waals surface area contributed by atoms with E-state index in [0.717, 1.165) is 29.7 Å². The second-order valence-corrected chi connectivity index (χ2v) is 10.8. The van der Waals surface area contributed by atoms with Crippen molar-refractivity contribution in [3.05, 3.63) is 74.9 Å². The Morgan fingerprint density at radius 3 is 2.83 bits per heavy atom. The molecule has 2 aromatic heterocycles. The van der Waals surface area contributed by atoms with E-state index in [0.29, 0.717) is 27.7 Å². The third-order valence-corrected chi connectivity index (χ3v) is 8.13. The molecule has 1 aliphatic rings. The second kappa shape index (κ2) is 10.2. The highest BCUT2D eigenvalue weighted by atomic mass is 32.2. The summed E-state index contributed by atoms with van der Waals surface area (Å²) in [6.45, 7) is 2.23. The van der Waals surface area contributed by atoms with E-state index in [1.54, 1.807) is 22.0 Å². The molecule has 0 aliphatic heterocycles. The molecule has 2 aromatic carbocycles. The zero-order valence-electron chi connectivity index (χ0n) is 19.5. The normalized spacial score (nSPS) is 15.3. The Kier molecular flexibility index (Phi) is 6.80. The van der Waals surface area contributed by atoms with E-state index in [4.69, 9.17) is 4.98 Å². The number of aromatic hydroxyl groups is 2. The predicted octanol–water partition coefficient (Wildman–Crippen LogP) is 4.23. The number of nitrogens with zero attached hydrogens (tertiary/aromatic N) is 3. The number of amides is 1. The number of fused-ring (bicyclic) bond motifs is 3. The third-order valence-electron chi connectivity index (χ3n) is 6.05. The van der Waals surface area contributed by atoms with Crippen molar-refractivity contribution in [3.8, 4) is 17.2 Å². The molecule has 1 atom stereocenters. The predicted molar refractivity (Wildman–Crippen MR) is 143 cm³/mol. The summed E-state index contributed by atoms with van der Waals surface area (Å²) in [5, 5.41) is 24.0. The molecular weight excluding hydrogens is 496 g/mol. The topological polar surface area (TPSA) is 117 Å². The van der Waals surface area contributed by atoms with Crippen molar-refractivity contribution in [2.75, 3.05) is 5.75 Å². The molecule has 184 valence electrons. The van der Waals surface area contributed by atoms with Crippen LogP contribution < -0.4 is 11.0 Å². The van der Waals surface area contributed by atoms with Crippen molar-refractivity contribution in [3.63, 3.8) is 0 Å². The van der Waals surface area contributed by atoms with Crippen LogP contribution in [0.1, 0.15) is 29.3 Å². The first-order valence-electron chi connectivity index (χ1n) is 11.5. The molecule has 0 saturated carbocycles. The molecule has 0 fully saturated rings. The van der Waals surface area contributed by atoms with Crippen LogP contribution in [0.5, 0.6) is 11.5 Å². The molecule has 0 saturated heterocycles. The molecular formula is C26H24N4O4S2. The summed E-state index contributed by atoms with van der Waals surface area (Å²) in [6, 6.07) is 13.6. The Balaban J connectivity index is 1.41. The van der Waals surface area contributed by atoms with Crippen LogP contribution in [-0.4, -0.2) is 37.6 Å². The summed E-state index contributed by atoms with van der Waals surface area (Å²) in [5.74, 6) is -0.281. The van der Waals surface area contributed by atoms with Gasteiger partial charge in [0.05, 0.1) is 23.0 Å². The number of carbonyl (C=O) groups excluding carboxylic acids is 1. The Labute approximate surface area is 215 Å². The number of hydrogen-bond donors (Lipinski definition) is 3. The Morgan fingerprint density at radius 2 is 2.06 bits per heavy atom. The van der Waals surface area contributed by atoms with Crippen LogP contribution in [-0.2, 0) is 17.6 Å². The highest BCUT2D eigenvalue weighted by molar-refractivity contribution is 7.99. The average Bonchev–Trinajstić information content (AvgIpc) is 3.23. The summed E-state index contributed by atoms with van der Waals surface area (Å²) < 4.78 is 1.59. The van der Waals surface area contributed by atoms with Crippen LogP contribution in [0.15, 0.2) is 63.6 Å². The Hall–Kier alpha value is -3.63. The van der Waals surface area contributed by atoms with Gasteiger partial charge >= 0.3 is 0 Å². The quantitative estimate of drug-likeness (QED) is 0.115. The van der Waals surface area contributed by atoms with E-state index in [1.807, 2.05) is 30.3 Å². The monoisotopic (exact) mass is 520 g/mol. The van der Waals surface area contributed by atoms with Gasteiger partial charge in [0.15, 0.2) is 16.7 Å². The highest BCUT2D eigenvalue weighted by Gasteiger charge is 2.25. The highest BCUT2D eigenvalue weighted by Crippen LogP contribution is 2.37. The molecule has 0 bridgehead atoms. The number of rotatable bonds is 6. The summed E-state index contributed by atoms with van der Waals surface area (Å²) in [4.78, 5) is 33.0. The van der Waals surface area contributed by atoms with Crippen LogP contribution in [0.2, 0.25) is 0 Å². The van der Waals surface area contributed by atoms with Crippen molar-refractivity contribution in [2.45, 2.75) is 31.3 Å². The lowest BCUT2D eigenvalue weighted by atomic mass is 9.89. The van der Waals surface area contributed by atoms with Gasteiger partial charge in [-0.15, -0.1) is 11.3 Å². The van der Waals surface area contributed by atoms with E-state index in [1.165, 1.54) is 35.0 Å². The maximum atomic E-state index is 13.7. The van der Waals surface area contributed by atoms with E-state index >= 15 is 0 Å². The van der Waals surface area contributed by atoms with Crippen LogP contribution in [0.4, 0.5) is 0 Å². The fraction of sp³-hybridized carbons (Fsp3) is 0.231. The van der Waals surface area contributed by atoms with E-state index < -0.39 is 0 Å². The van der Waals surface area contributed by atoms with Crippen LogP contribution in [0.3, 0.4) is 0 Å². The molecule has 4 aromatic rings.